The van der Waals surface area contributed by atoms with E-state index in [4.69, 9.17) is 5.11 Å². The maximum Gasteiger partial charge on any atom is 0.0431 e. The predicted octanol–water partition coefficient (Wildman–Crippen LogP) is 2.13. The number of unbranched alkanes of at least 4 members (excludes halogenated alkanes) is 2. The standard InChI is InChI=1S/C11H25NO/c1-11(2)7-9-12(3)8-5-4-6-10-13/h11,13H,4-10H2,1-3H3. The SMILES string of the molecule is CC(C)CCN(C)CCCCCO. The van der Waals surface area contributed by atoms with E-state index in [9.17, 15) is 0 Å². The molecule has 1 N–H and O–H groups in total. The van der Waals surface area contributed by atoms with Gasteiger partial charge in [0.2, 0.25) is 0 Å². The average Bonchev–Trinajstić information content (AvgIpc) is 2.09. The van der Waals surface area contributed by atoms with Gasteiger partial charge in [-0.15, -0.1) is 0 Å². The molecule has 0 rings (SSSR count). The van der Waals surface area contributed by atoms with Crippen LogP contribution in [0.15, 0.2) is 0 Å². The van der Waals surface area contributed by atoms with Crippen molar-refractivity contribution in [2.45, 2.75) is 39.5 Å². The summed E-state index contributed by atoms with van der Waals surface area (Å²) in [5, 5.41) is 8.59. The Balaban J connectivity index is 3.15. The Morgan fingerprint density at radius 3 is 2.31 bits per heavy atom. The summed E-state index contributed by atoms with van der Waals surface area (Å²) in [5.74, 6) is 0.805. The molecule has 0 fully saturated rings. The largest absolute Gasteiger partial charge is 0.396 e. The molecule has 0 spiro atoms. The summed E-state index contributed by atoms with van der Waals surface area (Å²) in [6.45, 7) is 7.25. The molecule has 0 unspecified atom stereocenters. The second-order valence-corrected chi connectivity index (χ2v) is 4.27. The van der Waals surface area contributed by atoms with Crippen LogP contribution >= 0.6 is 0 Å². The molecule has 13 heavy (non-hydrogen) atoms. The lowest BCUT2D eigenvalue weighted by atomic mass is 10.1. The van der Waals surface area contributed by atoms with E-state index in [0.717, 1.165) is 18.8 Å². The molecule has 2 nitrogen and oxygen atoms in total. The zero-order valence-corrected chi connectivity index (χ0v) is 9.42. The van der Waals surface area contributed by atoms with Crippen LogP contribution in [0.2, 0.25) is 0 Å². The van der Waals surface area contributed by atoms with E-state index in [1.807, 2.05) is 0 Å². The highest BCUT2D eigenvalue weighted by molar-refractivity contribution is 4.54. The third-order valence-corrected chi connectivity index (χ3v) is 2.29. The van der Waals surface area contributed by atoms with Crippen LogP contribution in [0.4, 0.5) is 0 Å². The van der Waals surface area contributed by atoms with Crippen molar-refractivity contribution in [3.8, 4) is 0 Å². The normalized spacial score (nSPS) is 11.5. The van der Waals surface area contributed by atoms with Crippen molar-refractivity contribution in [3.63, 3.8) is 0 Å². The first kappa shape index (κ1) is 12.9. The quantitative estimate of drug-likeness (QED) is 0.588. The lowest BCUT2D eigenvalue weighted by Crippen LogP contribution is -2.22. The van der Waals surface area contributed by atoms with E-state index in [2.05, 4.69) is 25.8 Å². The maximum absolute atomic E-state index is 8.59. The van der Waals surface area contributed by atoms with Crippen molar-refractivity contribution in [1.82, 2.24) is 4.90 Å². The van der Waals surface area contributed by atoms with Gasteiger partial charge in [-0.1, -0.05) is 13.8 Å². The summed E-state index contributed by atoms with van der Waals surface area (Å²) in [7, 11) is 2.18. The fraction of sp³-hybridized carbons (Fsp3) is 1.00. The highest BCUT2D eigenvalue weighted by Crippen LogP contribution is 2.02. The van der Waals surface area contributed by atoms with E-state index in [1.54, 1.807) is 0 Å². The number of hydrogen-bond donors (Lipinski definition) is 1. The highest BCUT2D eigenvalue weighted by Gasteiger charge is 1.99. The van der Waals surface area contributed by atoms with Crippen LogP contribution < -0.4 is 0 Å². The Labute approximate surface area is 82.9 Å². The molecule has 0 aliphatic rings. The van der Waals surface area contributed by atoms with Gasteiger partial charge in [-0.05, 0) is 51.7 Å². The molecule has 0 aliphatic carbocycles. The van der Waals surface area contributed by atoms with Crippen molar-refractivity contribution in [2.24, 2.45) is 5.92 Å². The van der Waals surface area contributed by atoms with Gasteiger partial charge in [-0.25, -0.2) is 0 Å². The number of rotatable bonds is 8. The van der Waals surface area contributed by atoms with Gasteiger partial charge >= 0.3 is 0 Å². The van der Waals surface area contributed by atoms with Gasteiger partial charge in [0.1, 0.15) is 0 Å². The van der Waals surface area contributed by atoms with Crippen LogP contribution in [0, 0.1) is 5.92 Å². The minimum atomic E-state index is 0.343. The molecule has 0 saturated carbocycles. The fourth-order valence-corrected chi connectivity index (χ4v) is 1.26. The van der Waals surface area contributed by atoms with Gasteiger partial charge in [0.25, 0.3) is 0 Å². The summed E-state index contributed by atoms with van der Waals surface area (Å²) < 4.78 is 0. The number of aliphatic hydroxyl groups is 1. The minimum absolute atomic E-state index is 0.343. The molecule has 0 aliphatic heterocycles. The van der Waals surface area contributed by atoms with Crippen LogP contribution in [0.3, 0.4) is 0 Å². The van der Waals surface area contributed by atoms with Crippen LogP contribution in [0.5, 0.6) is 0 Å². The van der Waals surface area contributed by atoms with Gasteiger partial charge in [0.15, 0.2) is 0 Å². The fourth-order valence-electron chi connectivity index (χ4n) is 1.26. The smallest absolute Gasteiger partial charge is 0.0431 e. The van der Waals surface area contributed by atoms with E-state index in [0.29, 0.717) is 6.61 Å². The van der Waals surface area contributed by atoms with E-state index in [-0.39, 0.29) is 0 Å². The Morgan fingerprint density at radius 1 is 1.08 bits per heavy atom. The van der Waals surface area contributed by atoms with Crippen molar-refractivity contribution in [2.75, 3.05) is 26.7 Å². The Kier molecular flexibility index (Phi) is 8.46. The van der Waals surface area contributed by atoms with Gasteiger partial charge in [0.05, 0.1) is 0 Å². The summed E-state index contributed by atoms with van der Waals surface area (Å²) in [5.41, 5.74) is 0. The van der Waals surface area contributed by atoms with Crippen molar-refractivity contribution >= 4 is 0 Å². The summed E-state index contributed by atoms with van der Waals surface area (Å²) in [6.07, 6.45) is 4.62. The topological polar surface area (TPSA) is 23.5 Å². The summed E-state index contributed by atoms with van der Waals surface area (Å²) >= 11 is 0. The molecule has 0 aromatic heterocycles. The molecule has 0 amide bonds. The van der Waals surface area contributed by atoms with Crippen LogP contribution in [0.1, 0.15) is 39.5 Å². The van der Waals surface area contributed by atoms with Crippen molar-refractivity contribution in [1.29, 1.82) is 0 Å². The molecule has 0 atom stereocenters. The molecule has 0 heterocycles. The number of nitrogens with zero attached hydrogens (tertiary/aromatic N) is 1. The highest BCUT2D eigenvalue weighted by atomic mass is 16.2. The molecule has 0 aromatic rings. The zero-order chi connectivity index (χ0) is 10.1. The first-order chi connectivity index (χ1) is 6.16. The number of aliphatic hydroxyl groups excluding tert-OH is 1. The Morgan fingerprint density at radius 2 is 1.77 bits per heavy atom. The molecule has 0 radical (unpaired) electrons. The van der Waals surface area contributed by atoms with Crippen molar-refractivity contribution in [3.05, 3.63) is 0 Å². The molecule has 0 bridgehead atoms. The second-order valence-electron chi connectivity index (χ2n) is 4.27. The molecular formula is C11H25NO. The van der Waals surface area contributed by atoms with Crippen LogP contribution in [-0.2, 0) is 0 Å². The third-order valence-electron chi connectivity index (χ3n) is 2.29. The molecular weight excluding hydrogens is 162 g/mol. The van der Waals surface area contributed by atoms with Gasteiger partial charge < -0.3 is 10.0 Å². The zero-order valence-electron chi connectivity index (χ0n) is 9.42. The van der Waals surface area contributed by atoms with Crippen LogP contribution in [-0.4, -0.2) is 36.8 Å². The summed E-state index contributed by atoms with van der Waals surface area (Å²) in [4.78, 5) is 2.39. The number of hydrogen-bond acceptors (Lipinski definition) is 2. The van der Waals surface area contributed by atoms with E-state index < -0.39 is 0 Å². The summed E-state index contributed by atoms with van der Waals surface area (Å²) in [6, 6.07) is 0. The predicted molar refractivity (Wildman–Crippen MR) is 57.9 cm³/mol. The van der Waals surface area contributed by atoms with E-state index >= 15 is 0 Å². The monoisotopic (exact) mass is 187 g/mol. The molecule has 0 saturated heterocycles. The van der Waals surface area contributed by atoms with Crippen molar-refractivity contribution < 1.29 is 5.11 Å². The third kappa shape index (κ3) is 9.84. The molecule has 2 heteroatoms. The van der Waals surface area contributed by atoms with Gasteiger partial charge in [-0.3, -0.25) is 0 Å². The Bertz CT molecular complexity index is 104. The average molecular weight is 187 g/mol. The maximum atomic E-state index is 8.59. The first-order valence-corrected chi connectivity index (χ1v) is 5.46. The second kappa shape index (κ2) is 8.52. The van der Waals surface area contributed by atoms with Gasteiger partial charge in [-0.2, -0.15) is 0 Å². The van der Waals surface area contributed by atoms with E-state index in [1.165, 1.54) is 25.9 Å². The van der Waals surface area contributed by atoms with Gasteiger partial charge in [0, 0.05) is 6.61 Å². The lowest BCUT2D eigenvalue weighted by Gasteiger charge is -2.17. The Hall–Kier alpha value is -0.0800. The molecule has 80 valence electrons. The van der Waals surface area contributed by atoms with Crippen LogP contribution in [0.25, 0.3) is 0 Å². The lowest BCUT2D eigenvalue weighted by molar-refractivity contribution is 0.269. The minimum Gasteiger partial charge on any atom is -0.396 e. The molecule has 0 aromatic carbocycles. The first-order valence-electron chi connectivity index (χ1n) is 5.46.